The van der Waals surface area contributed by atoms with Crippen LogP contribution < -0.4 is 21.1 Å². The van der Waals surface area contributed by atoms with Crippen molar-refractivity contribution in [2.24, 2.45) is 5.73 Å². The number of benzene rings is 1. The SMILES string of the molecule is COc1cccc(-c2cc(C(=O)N[C@H]3CCCN(C(=O)O)C3)c(NC(N)=O)s2)c1. The lowest BCUT2D eigenvalue weighted by molar-refractivity contribution is 0.0889. The van der Waals surface area contributed by atoms with Gasteiger partial charge < -0.3 is 25.8 Å². The second-order valence-corrected chi connectivity index (χ2v) is 7.67. The molecule has 1 aromatic heterocycles. The van der Waals surface area contributed by atoms with E-state index in [2.05, 4.69) is 10.6 Å². The lowest BCUT2D eigenvalue weighted by atomic mass is 10.1. The van der Waals surface area contributed by atoms with Crippen LogP contribution in [0.15, 0.2) is 30.3 Å². The van der Waals surface area contributed by atoms with E-state index in [0.29, 0.717) is 30.1 Å². The Morgan fingerprint density at radius 1 is 1.31 bits per heavy atom. The van der Waals surface area contributed by atoms with Gasteiger partial charge >= 0.3 is 12.1 Å². The Morgan fingerprint density at radius 3 is 2.79 bits per heavy atom. The highest BCUT2D eigenvalue weighted by Gasteiger charge is 2.26. The number of thiophene rings is 1. The van der Waals surface area contributed by atoms with Crippen molar-refractivity contribution in [2.75, 3.05) is 25.5 Å². The van der Waals surface area contributed by atoms with Crippen LogP contribution in [-0.2, 0) is 0 Å². The summed E-state index contributed by atoms with van der Waals surface area (Å²) in [5.41, 5.74) is 6.36. The third kappa shape index (κ3) is 4.96. The van der Waals surface area contributed by atoms with Crippen LogP contribution in [0.1, 0.15) is 23.2 Å². The van der Waals surface area contributed by atoms with Crippen LogP contribution in [0.4, 0.5) is 14.6 Å². The molecule has 5 N–H and O–H groups in total. The van der Waals surface area contributed by atoms with Gasteiger partial charge in [0.1, 0.15) is 10.8 Å². The summed E-state index contributed by atoms with van der Waals surface area (Å²) in [5, 5.41) is 14.9. The summed E-state index contributed by atoms with van der Waals surface area (Å²) in [7, 11) is 1.57. The molecule has 2 aromatic rings. The van der Waals surface area contributed by atoms with E-state index in [9.17, 15) is 14.4 Å². The summed E-state index contributed by atoms with van der Waals surface area (Å²) in [4.78, 5) is 37.5. The summed E-state index contributed by atoms with van der Waals surface area (Å²) in [6.45, 7) is 0.682. The molecule has 9 nitrogen and oxygen atoms in total. The van der Waals surface area contributed by atoms with Crippen molar-refractivity contribution in [3.8, 4) is 16.2 Å². The number of nitrogens with zero attached hydrogens (tertiary/aromatic N) is 1. The number of likely N-dealkylation sites (tertiary alicyclic amines) is 1. The minimum atomic E-state index is -1.00. The summed E-state index contributed by atoms with van der Waals surface area (Å²) >= 11 is 1.22. The molecule has 1 aromatic carbocycles. The molecule has 1 atom stereocenters. The molecule has 3 rings (SSSR count). The molecular formula is C19H22N4O5S. The van der Waals surface area contributed by atoms with Crippen LogP contribution in [0, 0.1) is 0 Å². The minimum Gasteiger partial charge on any atom is -0.497 e. The highest BCUT2D eigenvalue weighted by atomic mass is 32.1. The van der Waals surface area contributed by atoms with Crippen LogP contribution in [0.25, 0.3) is 10.4 Å². The average molecular weight is 418 g/mol. The molecule has 1 aliphatic rings. The third-order valence-electron chi connectivity index (χ3n) is 4.59. The molecule has 0 saturated carbocycles. The normalized spacial score (nSPS) is 16.2. The highest BCUT2D eigenvalue weighted by Crippen LogP contribution is 2.36. The van der Waals surface area contributed by atoms with Gasteiger partial charge in [-0.05, 0) is 36.6 Å². The van der Waals surface area contributed by atoms with Crippen LogP contribution in [0.2, 0.25) is 0 Å². The van der Waals surface area contributed by atoms with Crippen LogP contribution >= 0.6 is 11.3 Å². The van der Waals surface area contributed by atoms with E-state index < -0.39 is 18.0 Å². The standard InChI is InChI=1S/C19H22N4O5S/c1-28-13-6-2-4-11(8-13)15-9-14(17(29-15)22-18(20)25)16(24)21-12-5-3-7-23(10-12)19(26)27/h2,4,6,8-9,12H,3,5,7,10H2,1H3,(H,21,24)(H,26,27)(H3,20,22,25)/t12-/m0/s1. The number of nitrogens with two attached hydrogens (primary N) is 1. The summed E-state index contributed by atoms with van der Waals surface area (Å²) in [6.07, 6.45) is 0.347. The van der Waals surface area contributed by atoms with Gasteiger partial charge in [-0.25, -0.2) is 9.59 Å². The minimum absolute atomic E-state index is 0.229. The number of nitrogens with one attached hydrogen (secondary N) is 2. The fraction of sp³-hybridized carbons (Fsp3) is 0.316. The van der Waals surface area contributed by atoms with Gasteiger partial charge in [-0.2, -0.15) is 0 Å². The number of ether oxygens (including phenoxy) is 1. The Kier molecular flexibility index (Phi) is 6.23. The van der Waals surface area contributed by atoms with Gasteiger partial charge in [0.25, 0.3) is 5.91 Å². The van der Waals surface area contributed by atoms with Gasteiger partial charge in [0.15, 0.2) is 0 Å². The van der Waals surface area contributed by atoms with Gasteiger partial charge in [-0.3, -0.25) is 10.1 Å². The molecule has 10 heteroatoms. The average Bonchev–Trinajstić information content (AvgIpc) is 3.11. The predicted octanol–water partition coefficient (Wildman–Crippen LogP) is 2.79. The molecule has 0 aliphatic carbocycles. The molecule has 1 aliphatic heterocycles. The Bertz CT molecular complexity index is 929. The van der Waals surface area contributed by atoms with Gasteiger partial charge in [0, 0.05) is 24.0 Å². The molecular weight excluding hydrogens is 396 g/mol. The molecule has 4 amide bonds. The fourth-order valence-corrected chi connectivity index (χ4v) is 4.27. The zero-order valence-corrected chi connectivity index (χ0v) is 16.6. The number of primary amides is 1. The number of carboxylic acid groups (broad SMARTS) is 1. The number of urea groups is 1. The van der Waals surface area contributed by atoms with Crippen molar-refractivity contribution in [2.45, 2.75) is 18.9 Å². The lowest BCUT2D eigenvalue weighted by Crippen LogP contribution is -2.49. The van der Waals surface area contributed by atoms with Gasteiger partial charge in [-0.1, -0.05) is 12.1 Å². The first kappa shape index (κ1) is 20.5. The molecule has 0 unspecified atom stereocenters. The first-order valence-electron chi connectivity index (χ1n) is 9.01. The number of amides is 4. The maximum Gasteiger partial charge on any atom is 0.407 e. The number of methoxy groups -OCH3 is 1. The number of anilines is 1. The topological polar surface area (TPSA) is 134 Å². The van der Waals surface area contributed by atoms with Crippen molar-refractivity contribution in [3.63, 3.8) is 0 Å². The third-order valence-corrected chi connectivity index (χ3v) is 5.69. The molecule has 0 bridgehead atoms. The van der Waals surface area contributed by atoms with Crippen molar-refractivity contribution in [3.05, 3.63) is 35.9 Å². The molecule has 29 heavy (non-hydrogen) atoms. The van der Waals surface area contributed by atoms with E-state index in [4.69, 9.17) is 15.6 Å². The Labute approximate surface area is 171 Å². The Morgan fingerprint density at radius 2 is 2.10 bits per heavy atom. The van der Waals surface area contributed by atoms with Crippen LogP contribution in [0.5, 0.6) is 5.75 Å². The van der Waals surface area contributed by atoms with E-state index >= 15 is 0 Å². The number of carbonyl (C=O) groups excluding carboxylic acids is 2. The van der Waals surface area contributed by atoms with Gasteiger partial charge in [0.2, 0.25) is 0 Å². The Balaban J connectivity index is 1.84. The zero-order chi connectivity index (χ0) is 21.0. The van der Waals surface area contributed by atoms with E-state index in [0.717, 1.165) is 10.4 Å². The van der Waals surface area contributed by atoms with Gasteiger partial charge in [0.05, 0.1) is 12.7 Å². The smallest absolute Gasteiger partial charge is 0.407 e. The van der Waals surface area contributed by atoms with Crippen molar-refractivity contribution >= 4 is 34.4 Å². The number of piperidine rings is 1. The molecule has 154 valence electrons. The Hall–Kier alpha value is -3.27. The highest BCUT2D eigenvalue weighted by molar-refractivity contribution is 7.20. The van der Waals surface area contributed by atoms with Crippen molar-refractivity contribution in [1.29, 1.82) is 0 Å². The van der Waals surface area contributed by atoms with Crippen LogP contribution in [0.3, 0.4) is 0 Å². The monoisotopic (exact) mass is 418 g/mol. The van der Waals surface area contributed by atoms with E-state index in [1.165, 1.54) is 16.2 Å². The number of hydrogen-bond acceptors (Lipinski definition) is 5. The first-order chi connectivity index (χ1) is 13.9. The van der Waals surface area contributed by atoms with E-state index in [1.807, 2.05) is 24.3 Å². The predicted molar refractivity (Wildman–Crippen MR) is 110 cm³/mol. The van der Waals surface area contributed by atoms with E-state index in [-0.39, 0.29) is 18.2 Å². The van der Waals surface area contributed by atoms with E-state index in [1.54, 1.807) is 13.2 Å². The summed E-state index contributed by atoms with van der Waals surface area (Å²) in [6, 6.07) is 7.95. The van der Waals surface area contributed by atoms with Crippen molar-refractivity contribution in [1.82, 2.24) is 10.2 Å². The maximum atomic E-state index is 12.9. The molecule has 1 saturated heterocycles. The molecule has 2 heterocycles. The van der Waals surface area contributed by atoms with Gasteiger partial charge in [-0.15, -0.1) is 11.3 Å². The second kappa shape index (κ2) is 8.82. The fourth-order valence-electron chi connectivity index (χ4n) is 3.21. The maximum absolute atomic E-state index is 12.9. The second-order valence-electron chi connectivity index (χ2n) is 6.62. The summed E-state index contributed by atoms with van der Waals surface area (Å²) < 4.78 is 5.24. The van der Waals surface area contributed by atoms with Crippen LogP contribution in [-0.4, -0.2) is 54.3 Å². The largest absolute Gasteiger partial charge is 0.497 e. The molecule has 0 radical (unpaired) electrons. The number of carbonyl (C=O) groups is 3. The lowest BCUT2D eigenvalue weighted by Gasteiger charge is -2.31. The summed E-state index contributed by atoms with van der Waals surface area (Å²) in [5.74, 6) is 0.277. The molecule has 1 fully saturated rings. The number of hydrogen-bond donors (Lipinski definition) is 4. The first-order valence-corrected chi connectivity index (χ1v) is 9.82. The molecule has 0 spiro atoms. The quantitative estimate of drug-likeness (QED) is 0.592. The van der Waals surface area contributed by atoms with Crippen molar-refractivity contribution < 1.29 is 24.2 Å². The number of rotatable bonds is 5. The zero-order valence-electron chi connectivity index (χ0n) is 15.8.